The van der Waals surface area contributed by atoms with E-state index in [1.165, 1.54) is 24.3 Å². The minimum absolute atomic E-state index is 0. The number of piperidine rings is 1. The van der Waals surface area contributed by atoms with E-state index in [9.17, 15) is 22.0 Å². The second-order valence-electron chi connectivity index (χ2n) is 5.03. The van der Waals surface area contributed by atoms with Gasteiger partial charge in [0.15, 0.2) is 6.61 Å². The van der Waals surface area contributed by atoms with Crippen LogP contribution in [0.2, 0.25) is 0 Å². The van der Waals surface area contributed by atoms with E-state index in [2.05, 4.69) is 10.1 Å². The number of rotatable bonds is 5. The Morgan fingerprint density at radius 3 is 2.00 bits per heavy atom. The van der Waals surface area contributed by atoms with Gasteiger partial charge in [0.25, 0.3) is 0 Å². The highest BCUT2D eigenvalue weighted by Crippen LogP contribution is 2.35. The molecule has 1 fully saturated rings. The van der Waals surface area contributed by atoms with E-state index >= 15 is 0 Å². The Morgan fingerprint density at radius 1 is 0.957 bits per heavy atom. The first-order valence-corrected chi connectivity index (χ1v) is 6.83. The third-order valence-corrected chi connectivity index (χ3v) is 3.25. The zero-order chi connectivity index (χ0) is 16.2. The maximum absolute atomic E-state index is 12.7. The summed E-state index contributed by atoms with van der Waals surface area (Å²) in [5, 5.41) is 3.19. The van der Waals surface area contributed by atoms with Gasteiger partial charge < -0.3 is 14.8 Å². The van der Waals surface area contributed by atoms with Crippen molar-refractivity contribution in [2.45, 2.75) is 31.0 Å². The summed E-state index contributed by atoms with van der Waals surface area (Å²) in [5.74, 6) is -4.42. The summed E-state index contributed by atoms with van der Waals surface area (Å²) in [5.41, 5.74) is 0. The van der Waals surface area contributed by atoms with Crippen LogP contribution in [0.4, 0.5) is 22.0 Å². The molecule has 0 bridgehead atoms. The molecule has 23 heavy (non-hydrogen) atoms. The molecule has 2 rings (SSSR count). The molecule has 0 radical (unpaired) electrons. The minimum Gasteiger partial charge on any atom is -0.490 e. The van der Waals surface area contributed by atoms with E-state index in [0.29, 0.717) is 5.75 Å². The first-order chi connectivity index (χ1) is 10.3. The number of hydrogen-bond acceptors (Lipinski definition) is 3. The summed E-state index contributed by atoms with van der Waals surface area (Å²) in [6, 6.07) is 5.60. The van der Waals surface area contributed by atoms with E-state index in [0.717, 1.165) is 25.9 Å². The molecule has 0 unspecified atom stereocenters. The van der Waals surface area contributed by atoms with E-state index in [-0.39, 0.29) is 24.3 Å². The van der Waals surface area contributed by atoms with E-state index in [1.807, 2.05) is 0 Å². The molecule has 0 atom stereocenters. The van der Waals surface area contributed by atoms with Crippen LogP contribution >= 0.6 is 12.4 Å². The second kappa shape index (κ2) is 8.01. The maximum Gasteiger partial charge on any atom is 0.456 e. The van der Waals surface area contributed by atoms with Crippen LogP contribution in [0, 0.1) is 0 Å². The average Bonchev–Trinajstić information content (AvgIpc) is 2.46. The monoisotopic (exact) mass is 361 g/mol. The lowest BCUT2D eigenvalue weighted by atomic mass is 10.1. The lowest BCUT2D eigenvalue weighted by molar-refractivity contribution is -0.290. The molecule has 0 saturated carbocycles. The standard InChI is InChI=1S/C14H16F5NO2.ClH/c15-13(16,14(17,18)19)9-21-10-1-3-11(4-2-10)22-12-5-7-20-8-6-12;/h1-4,12,20H,5-9H2;1H. The molecule has 1 saturated heterocycles. The Hall–Kier alpha value is -1.28. The van der Waals surface area contributed by atoms with Crippen LogP contribution in [0.15, 0.2) is 24.3 Å². The Labute approximate surface area is 136 Å². The van der Waals surface area contributed by atoms with Crippen molar-refractivity contribution in [1.29, 1.82) is 0 Å². The van der Waals surface area contributed by atoms with Gasteiger partial charge in [0.05, 0.1) is 0 Å². The van der Waals surface area contributed by atoms with Crippen molar-refractivity contribution < 1.29 is 31.4 Å². The number of benzene rings is 1. The summed E-state index contributed by atoms with van der Waals surface area (Å²) >= 11 is 0. The van der Waals surface area contributed by atoms with Gasteiger partial charge in [0, 0.05) is 0 Å². The molecule has 1 aromatic carbocycles. The Balaban J connectivity index is 0.00000264. The maximum atomic E-state index is 12.7. The van der Waals surface area contributed by atoms with E-state index in [1.54, 1.807) is 0 Å². The SMILES string of the molecule is Cl.FC(F)(F)C(F)(F)COc1ccc(OC2CCNCC2)cc1. The van der Waals surface area contributed by atoms with Crippen molar-refractivity contribution in [2.75, 3.05) is 19.7 Å². The van der Waals surface area contributed by atoms with Crippen molar-refractivity contribution in [3.05, 3.63) is 24.3 Å². The Bertz CT molecular complexity index is 475. The fraction of sp³-hybridized carbons (Fsp3) is 0.571. The molecule has 0 aromatic heterocycles. The molecule has 1 aromatic rings. The van der Waals surface area contributed by atoms with Crippen LogP contribution in [0.25, 0.3) is 0 Å². The van der Waals surface area contributed by atoms with E-state index in [4.69, 9.17) is 4.74 Å². The largest absolute Gasteiger partial charge is 0.490 e. The van der Waals surface area contributed by atoms with Crippen LogP contribution in [0.1, 0.15) is 12.8 Å². The van der Waals surface area contributed by atoms with Crippen molar-refractivity contribution in [2.24, 2.45) is 0 Å². The lowest BCUT2D eigenvalue weighted by Crippen LogP contribution is -2.41. The summed E-state index contributed by atoms with van der Waals surface area (Å²) in [6.07, 6.45) is -3.83. The molecule has 3 nitrogen and oxygen atoms in total. The summed E-state index contributed by atoms with van der Waals surface area (Å²) < 4.78 is 71.7. The van der Waals surface area contributed by atoms with E-state index < -0.39 is 18.7 Å². The van der Waals surface area contributed by atoms with Crippen molar-refractivity contribution in [1.82, 2.24) is 5.32 Å². The van der Waals surface area contributed by atoms with Crippen LogP contribution in [0.5, 0.6) is 11.5 Å². The molecule has 0 amide bonds. The molecule has 1 heterocycles. The van der Waals surface area contributed by atoms with Gasteiger partial charge in [-0.25, -0.2) is 0 Å². The van der Waals surface area contributed by atoms with Gasteiger partial charge in [-0.3, -0.25) is 0 Å². The summed E-state index contributed by atoms with van der Waals surface area (Å²) in [6.45, 7) is -0.0260. The van der Waals surface area contributed by atoms with Gasteiger partial charge in [-0.05, 0) is 50.2 Å². The average molecular weight is 362 g/mol. The van der Waals surface area contributed by atoms with Crippen LogP contribution in [-0.2, 0) is 0 Å². The zero-order valence-corrected chi connectivity index (χ0v) is 12.9. The molecule has 0 aliphatic carbocycles. The highest BCUT2D eigenvalue weighted by atomic mass is 35.5. The molecule has 1 aliphatic rings. The molecule has 1 aliphatic heterocycles. The molecule has 132 valence electrons. The molecular weight excluding hydrogens is 345 g/mol. The van der Waals surface area contributed by atoms with Gasteiger partial charge in [-0.15, -0.1) is 12.4 Å². The first-order valence-electron chi connectivity index (χ1n) is 6.83. The predicted octanol–water partition coefficient (Wildman–Crippen LogP) is 3.82. The highest BCUT2D eigenvalue weighted by Gasteiger charge is 2.58. The molecule has 1 N–H and O–H groups in total. The van der Waals surface area contributed by atoms with Gasteiger partial charge in [0.2, 0.25) is 0 Å². The number of ether oxygens (including phenoxy) is 2. The minimum atomic E-state index is -5.62. The third kappa shape index (κ3) is 5.69. The first kappa shape index (κ1) is 19.8. The third-order valence-electron chi connectivity index (χ3n) is 3.25. The van der Waals surface area contributed by atoms with Crippen LogP contribution < -0.4 is 14.8 Å². The molecular formula is C14H17ClF5NO2. The number of alkyl halides is 5. The van der Waals surface area contributed by atoms with Gasteiger partial charge in [0.1, 0.15) is 17.6 Å². The topological polar surface area (TPSA) is 30.5 Å². The zero-order valence-electron chi connectivity index (χ0n) is 12.0. The summed E-state index contributed by atoms with van der Waals surface area (Å²) in [7, 11) is 0. The fourth-order valence-corrected chi connectivity index (χ4v) is 1.98. The Morgan fingerprint density at radius 2 is 1.48 bits per heavy atom. The van der Waals surface area contributed by atoms with Crippen LogP contribution in [-0.4, -0.2) is 37.9 Å². The van der Waals surface area contributed by atoms with Crippen LogP contribution in [0.3, 0.4) is 0 Å². The Kier molecular flexibility index (Phi) is 6.88. The quantitative estimate of drug-likeness (QED) is 0.809. The molecule has 9 heteroatoms. The predicted molar refractivity (Wildman–Crippen MR) is 76.7 cm³/mol. The second-order valence-corrected chi connectivity index (χ2v) is 5.03. The fourth-order valence-electron chi connectivity index (χ4n) is 1.98. The van der Waals surface area contributed by atoms with Crippen molar-refractivity contribution in [3.63, 3.8) is 0 Å². The molecule has 0 spiro atoms. The van der Waals surface area contributed by atoms with Gasteiger partial charge in [-0.1, -0.05) is 0 Å². The van der Waals surface area contributed by atoms with Gasteiger partial charge >= 0.3 is 12.1 Å². The normalized spacial score (nSPS) is 16.6. The lowest BCUT2D eigenvalue weighted by Gasteiger charge is -2.24. The number of halogens is 6. The number of nitrogens with one attached hydrogen (secondary N) is 1. The smallest absolute Gasteiger partial charge is 0.456 e. The van der Waals surface area contributed by atoms with Crippen molar-refractivity contribution in [3.8, 4) is 11.5 Å². The highest BCUT2D eigenvalue weighted by molar-refractivity contribution is 5.85. The van der Waals surface area contributed by atoms with Gasteiger partial charge in [-0.2, -0.15) is 22.0 Å². The number of hydrogen-bond donors (Lipinski definition) is 1. The van der Waals surface area contributed by atoms with Crippen molar-refractivity contribution >= 4 is 12.4 Å². The summed E-state index contributed by atoms with van der Waals surface area (Å²) in [4.78, 5) is 0.